The zero-order chi connectivity index (χ0) is 12.5. The highest BCUT2D eigenvalue weighted by atomic mass is 32.2. The fraction of sp³-hybridized carbons (Fsp3) is 0.167. The van der Waals surface area contributed by atoms with Gasteiger partial charge >= 0.3 is 0 Å². The smallest absolute Gasteiger partial charge is 0.264 e. The zero-order valence-electron chi connectivity index (χ0n) is 9.83. The van der Waals surface area contributed by atoms with Gasteiger partial charge in [-0.3, -0.25) is 0 Å². The maximum Gasteiger partial charge on any atom is 0.264 e. The number of aromatic nitrogens is 3. The number of anilines is 1. The maximum atomic E-state index is 5.71. The van der Waals surface area contributed by atoms with Gasteiger partial charge in [-0.1, -0.05) is 0 Å². The van der Waals surface area contributed by atoms with Crippen molar-refractivity contribution in [1.29, 1.82) is 0 Å². The van der Waals surface area contributed by atoms with Gasteiger partial charge < -0.3 is 14.7 Å². The summed E-state index contributed by atoms with van der Waals surface area (Å²) in [5, 5.41) is 1.45. The molecule has 2 heterocycles. The Kier molecular flexibility index (Phi) is 2.71. The molecule has 2 aromatic heterocycles. The van der Waals surface area contributed by atoms with Crippen LogP contribution in [0.1, 0.15) is 6.92 Å². The number of oxazole rings is 1. The summed E-state index contributed by atoms with van der Waals surface area (Å²) in [6.07, 6.45) is 3.70. The van der Waals surface area contributed by atoms with Crippen molar-refractivity contribution in [3.63, 3.8) is 0 Å². The molecule has 2 N–H and O–H groups in total. The van der Waals surface area contributed by atoms with E-state index in [1.807, 2.05) is 16.8 Å². The second kappa shape index (κ2) is 4.38. The fourth-order valence-corrected chi connectivity index (χ4v) is 2.54. The summed E-state index contributed by atoms with van der Waals surface area (Å²) < 4.78 is 7.67. The molecule has 0 bridgehead atoms. The van der Waals surface area contributed by atoms with E-state index in [-0.39, 0.29) is 0 Å². The Balaban J connectivity index is 1.95. The highest BCUT2D eigenvalue weighted by molar-refractivity contribution is 7.99. The zero-order valence-corrected chi connectivity index (χ0v) is 10.6. The molecule has 0 amide bonds. The Hall–Kier alpha value is -1.95. The number of aryl methyl sites for hydroxylation is 1. The Morgan fingerprint density at radius 1 is 1.44 bits per heavy atom. The van der Waals surface area contributed by atoms with Crippen LogP contribution in [0.2, 0.25) is 0 Å². The number of rotatable bonds is 3. The Bertz CT molecular complexity index is 688. The van der Waals surface area contributed by atoms with Crippen molar-refractivity contribution < 1.29 is 4.42 Å². The molecule has 3 aromatic rings. The number of nitrogen functional groups attached to an aromatic ring is 1. The summed E-state index contributed by atoms with van der Waals surface area (Å²) in [5.41, 5.74) is 7.90. The third-order valence-electron chi connectivity index (χ3n) is 2.59. The molecular formula is C12H12N4OS. The lowest BCUT2D eigenvalue weighted by Crippen LogP contribution is -1.93. The number of imidazole rings is 1. The standard InChI is InChI=1S/C12H12N4OS/c1-2-16-6-5-14-11(16)18-12-15-9-7-8(13)3-4-10(9)17-12/h3-7H,2,13H2,1H3. The van der Waals surface area contributed by atoms with E-state index in [0.717, 1.165) is 22.8 Å². The second-order valence-electron chi connectivity index (χ2n) is 3.80. The minimum atomic E-state index is 0.580. The van der Waals surface area contributed by atoms with Crippen molar-refractivity contribution in [3.05, 3.63) is 30.6 Å². The number of nitrogens with two attached hydrogens (primary N) is 1. The first-order valence-corrected chi connectivity index (χ1v) is 6.43. The summed E-state index contributed by atoms with van der Waals surface area (Å²) in [5.74, 6) is 0. The molecule has 1 aromatic carbocycles. The average Bonchev–Trinajstić information content (AvgIpc) is 2.94. The highest BCUT2D eigenvalue weighted by Gasteiger charge is 2.11. The molecule has 0 atom stereocenters. The van der Waals surface area contributed by atoms with Crippen LogP contribution in [-0.2, 0) is 6.54 Å². The summed E-state index contributed by atoms with van der Waals surface area (Å²) in [6.45, 7) is 2.94. The molecule has 0 saturated heterocycles. The second-order valence-corrected chi connectivity index (χ2v) is 4.72. The number of hydrogen-bond donors (Lipinski definition) is 1. The van der Waals surface area contributed by atoms with E-state index in [9.17, 15) is 0 Å². The number of hydrogen-bond acceptors (Lipinski definition) is 5. The first-order chi connectivity index (χ1) is 8.76. The van der Waals surface area contributed by atoms with E-state index in [4.69, 9.17) is 10.2 Å². The average molecular weight is 260 g/mol. The minimum absolute atomic E-state index is 0.580. The predicted octanol–water partition coefficient (Wildman–Crippen LogP) is 2.78. The van der Waals surface area contributed by atoms with Crippen molar-refractivity contribution in [1.82, 2.24) is 14.5 Å². The molecule has 0 fully saturated rings. The molecule has 0 aliphatic heterocycles. The van der Waals surface area contributed by atoms with Crippen molar-refractivity contribution in [2.75, 3.05) is 5.73 Å². The SMILES string of the molecule is CCn1ccnc1Sc1nc2cc(N)ccc2o1. The van der Waals surface area contributed by atoms with Crippen LogP contribution < -0.4 is 5.73 Å². The van der Waals surface area contributed by atoms with Crippen LogP contribution >= 0.6 is 11.8 Å². The molecule has 0 aliphatic carbocycles. The monoisotopic (exact) mass is 260 g/mol. The predicted molar refractivity (Wildman–Crippen MR) is 70.4 cm³/mol. The molecule has 18 heavy (non-hydrogen) atoms. The van der Waals surface area contributed by atoms with Crippen molar-refractivity contribution in [2.24, 2.45) is 0 Å². The fourth-order valence-electron chi connectivity index (χ4n) is 1.69. The van der Waals surface area contributed by atoms with E-state index in [1.54, 1.807) is 18.3 Å². The van der Waals surface area contributed by atoms with Crippen LogP contribution in [0, 0.1) is 0 Å². The van der Waals surface area contributed by atoms with Crippen LogP contribution in [0.4, 0.5) is 5.69 Å². The van der Waals surface area contributed by atoms with E-state index in [2.05, 4.69) is 16.9 Å². The van der Waals surface area contributed by atoms with E-state index in [1.165, 1.54) is 11.8 Å². The summed E-state index contributed by atoms with van der Waals surface area (Å²) >= 11 is 1.41. The quantitative estimate of drug-likeness (QED) is 0.733. The van der Waals surface area contributed by atoms with Gasteiger partial charge in [-0.2, -0.15) is 0 Å². The molecule has 0 unspecified atom stereocenters. The summed E-state index contributed by atoms with van der Waals surface area (Å²) in [7, 11) is 0. The van der Waals surface area contributed by atoms with Gasteiger partial charge in [0.15, 0.2) is 10.7 Å². The molecule has 3 rings (SSSR count). The molecule has 92 valence electrons. The largest absolute Gasteiger partial charge is 0.431 e. The van der Waals surface area contributed by atoms with Gasteiger partial charge in [0.1, 0.15) is 5.52 Å². The van der Waals surface area contributed by atoms with Gasteiger partial charge in [-0.25, -0.2) is 9.97 Å². The summed E-state index contributed by atoms with van der Waals surface area (Å²) in [4.78, 5) is 8.66. The molecule has 0 aliphatic rings. The van der Waals surface area contributed by atoms with Crippen molar-refractivity contribution in [3.8, 4) is 0 Å². The molecule has 0 radical (unpaired) electrons. The van der Waals surface area contributed by atoms with Gasteiger partial charge in [0.25, 0.3) is 5.22 Å². The lowest BCUT2D eigenvalue weighted by molar-refractivity contribution is 0.487. The van der Waals surface area contributed by atoms with Crippen LogP contribution in [0.25, 0.3) is 11.1 Å². The number of benzene rings is 1. The number of nitrogens with zero attached hydrogens (tertiary/aromatic N) is 3. The normalized spacial score (nSPS) is 11.2. The van der Waals surface area contributed by atoms with Crippen LogP contribution in [0.5, 0.6) is 0 Å². The van der Waals surface area contributed by atoms with Gasteiger partial charge in [-0.15, -0.1) is 0 Å². The van der Waals surface area contributed by atoms with Crippen LogP contribution in [0.3, 0.4) is 0 Å². The summed E-state index contributed by atoms with van der Waals surface area (Å²) in [6, 6.07) is 5.43. The first-order valence-electron chi connectivity index (χ1n) is 5.61. The first kappa shape index (κ1) is 11.2. The van der Waals surface area contributed by atoms with E-state index >= 15 is 0 Å². The third kappa shape index (κ3) is 1.95. The van der Waals surface area contributed by atoms with E-state index < -0.39 is 0 Å². The molecule has 0 spiro atoms. The Morgan fingerprint density at radius 3 is 3.17 bits per heavy atom. The third-order valence-corrected chi connectivity index (χ3v) is 3.46. The van der Waals surface area contributed by atoms with Gasteiger partial charge in [-0.05, 0) is 25.1 Å². The van der Waals surface area contributed by atoms with Gasteiger partial charge in [0.2, 0.25) is 0 Å². The topological polar surface area (TPSA) is 69.9 Å². The Morgan fingerprint density at radius 2 is 2.33 bits per heavy atom. The Labute approximate surface area is 108 Å². The van der Waals surface area contributed by atoms with Gasteiger partial charge in [0.05, 0.1) is 0 Å². The van der Waals surface area contributed by atoms with E-state index in [0.29, 0.717) is 10.9 Å². The molecule has 0 saturated carbocycles. The lowest BCUT2D eigenvalue weighted by atomic mass is 10.3. The molecule has 6 heteroatoms. The van der Waals surface area contributed by atoms with Crippen LogP contribution in [-0.4, -0.2) is 14.5 Å². The van der Waals surface area contributed by atoms with Crippen molar-refractivity contribution >= 4 is 28.5 Å². The minimum Gasteiger partial charge on any atom is -0.431 e. The number of fused-ring (bicyclic) bond motifs is 1. The lowest BCUT2D eigenvalue weighted by Gasteiger charge is -1.99. The highest BCUT2D eigenvalue weighted by Crippen LogP contribution is 2.29. The molecule has 5 nitrogen and oxygen atoms in total. The van der Waals surface area contributed by atoms with Crippen LogP contribution in [0.15, 0.2) is 45.4 Å². The maximum absolute atomic E-state index is 5.71. The molecular weight excluding hydrogens is 248 g/mol. The van der Waals surface area contributed by atoms with Crippen molar-refractivity contribution in [2.45, 2.75) is 23.8 Å². The van der Waals surface area contributed by atoms with Gasteiger partial charge in [0, 0.05) is 36.4 Å².